The van der Waals surface area contributed by atoms with Crippen LogP contribution >= 0.6 is 0 Å². The van der Waals surface area contributed by atoms with E-state index < -0.39 is 19.0 Å². The van der Waals surface area contributed by atoms with Gasteiger partial charge in [-0.3, -0.25) is 9.59 Å². The van der Waals surface area contributed by atoms with Gasteiger partial charge in [0.25, 0.3) is 6.43 Å². The summed E-state index contributed by atoms with van der Waals surface area (Å²) in [7, 11) is 0. The topological polar surface area (TPSA) is 55.8 Å². The smallest absolute Gasteiger partial charge is 0.325 e. The lowest BCUT2D eigenvalue weighted by atomic mass is 10.3. The Morgan fingerprint density at radius 1 is 1.42 bits per heavy atom. The van der Waals surface area contributed by atoms with Crippen LogP contribution in [0, 0.1) is 0 Å². The van der Waals surface area contributed by atoms with Gasteiger partial charge in [0.2, 0.25) is 5.91 Å². The van der Waals surface area contributed by atoms with Crippen LogP contribution in [-0.4, -0.2) is 56.1 Å². The van der Waals surface area contributed by atoms with Crippen molar-refractivity contribution in [3.05, 3.63) is 12.7 Å². The largest absolute Gasteiger partial charge is 0.465 e. The first kappa shape index (κ1) is 17.5. The molecule has 0 radical (unpaired) electrons. The van der Waals surface area contributed by atoms with Crippen molar-refractivity contribution >= 4 is 11.9 Å². The van der Waals surface area contributed by atoms with Crippen molar-refractivity contribution in [3.8, 4) is 0 Å². The Morgan fingerprint density at radius 3 is 2.63 bits per heavy atom. The lowest BCUT2D eigenvalue weighted by Gasteiger charge is -2.20. The molecule has 0 aliphatic carbocycles. The Morgan fingerprint density at radius 2 is 2.11 bits per heavy atom. The minimum absolute atomic E-state index is 0.0695. The van der Waals surface area contributed by atoms with Gasteiger partial charge >= 0.3 is 5.97 Å². The van der Waals surface area contributed by atoms with Crippen molar-refractivity contribution < 1.29 is 27.8 Å². The summed E-state index contributed by atoms with van der Waals surface area (Å²) >= 11 is 0. The highest BCUT2D eigenvalue weighted by Gasteiger charge is 2.16. The van der Waals surface area contributed by atoms with Gasteiger partial charge in [-0.2, -0.15) is 0 Å². The molecule has 0 rings (SSSR count). The van der Waals surface area contributed by atoms with Crippen LogP contribution in [0.25, 0.3) is 0 Å². The van der Waals surface area contributed by atoms with Crippen LogP contribution in [0.1, 0.15) is 13.3 Å². The third-order valence-corrected chi connectivity index (χ3v) is 2.03. The summed E-state index contributed by atoms with van der Waals surface area (Å²) in [5.41, 5.74) is 0. The van der Waals surface area contributed by atoms with Gasteiger partial charge in [0.1, 0.15) is 13.2 Å². The molecule has 5 nitrogen and oxygen atoms in total. The zero-order valence-corrected chi connectivity index (χ0v) is 10.9. The molecule has 0 aromatic rings. The molecule has 0 heterocycles. The van der Waals surface area contributed by atoms with Crippen molar-refractivity contribution in [1.82, 2.24) is 4.90 Å². The molecule has 7 heteroatoms. The van der Waals surface area contributed by atoms with Crippen LogP contribution in [-0.2, 0) is 19.1 Å². The number of halogens is 2. The minimum Gasteiger partial charge on any atom is -0.465 e. The predicted octanol–water partition coefficient (Wildman–Crippen LogP) is 1.24. The Hall–Kier alpha value is -1.50. The number of hydrogen-bond donors (Lipinski definition) is 0. The molecule has 0 atom stereocenters. The Balaban J connectivity index is 4.10. The number of carbonyl (C=O) groups is 2. The molecule has 0 aromatic carbocycles. The lowest BCUT2D eigenvalue weighted by Crippen LogP contribution is -2.37. The average molecular weight is 279 g/mol. The fourth-order valence-corrected chi connectivity index (χ4v) is 1.26. The van der Waals surface area contributed by atoms with Crippen molar-refractivity contribution in [3.63, 3.8) is 0 Å². The third kappa shape index (κ3) is 9.12. The second kappa shape index (κ2) is 10.4. The summed E-state index contributed by atoms with van der Waals surface area (Å²) < 4.78 is 32.9. The number of esters is 1. The van der Waals surface area contributed by atoms with Gasteiger partial charge in [0.15, 0.2) is 0 Å². The van der Waals surface area contributed by atoms with Crippen LogP contribution in [0.4, 0.5) is 8.78 Å². The van der Waals surface area contributed by atoms with Crippen LogP contribution in [0.2, 0.25) is 0 Å². The van der Waals surface area contributed by atoms with Gasteiger partial charge in [-0.15, -0.1) is 6.58 Å². The number of carbonyl (C=O) groups excluding carboxylic acids is 2. The second-order valence-corrected chi connectivity index (χ2v) is 3.58. The van der Waals surface area contributed by atoms with E-state index in [4.69, 9.17) is 4.74 Å². The van der Waals surface area contributed by atoms with Gasteiger partial charge in [-0.05, 0) is 6.92 Å². The third-order valence-electron chi connectivity index (χ3n) is 2.03. The summed E-state index contributed by atoms with van der Waals surface area (Å²) in [5.74, 6) is -0.895. The molecular formula is C12H19F2NO4. The Bertz CT molecular complexity index is 297. The molecule has 0 aromatic heterocycles. The zero-order chi connectivity index (χ0) is 14.7. The molecule has 19 heavy (non-hydrogen) atoms. The SMILES string of the molecule is C=CCN(CC(=O)OCC)C(=O)CCOCC(F)F. The fourth-order valence-electron chi connectivity index (χ4n) is 1.26. The van der Waals surface area contributed by atoms with Gasteiger partial charge in [0.05, 0.1) is 19.6 Å². The van der Waals surface area contributed by atoms with Gasteiger partial charge < -0.3 is 14.4 Å². The number of ether oxygens (including phenoxy) is 2. The second-order valence-electron chi connectivity index (χ2n) is 3.58. The summed E-state index contributed by atoms with van der Waals surface area (Å²) in [6.45, 7) is 4.56. The van der Waals surface area contributed by atoms with E-state index in [1.54, 1.807) is 6.92 Å². The molecule has 1 amide bonds. The number of rotatable bonds is 10. The van der Waals surface area contributed by atoms with E-state index in [1.165, 1.54) is 11.0 Å². The Kier molecular flexibility index (Phi) is 9.60. The molecule has 0 spiro atoms. The van der Waals surface area contributed by atoms with E-state index in [-0.39, 0.29) is 38.6 Å². The number of alkyl halides is 2. The Labute approximate surface area is 111 Å². The van der Waals surface area contributed by atoms with Crippen molar-refractivity contribution in [2.45, 2.75) is 19.8 Å². The molecule has 0 aliphatic heterocycles. The van der Waals surface area contributed by atoms with E-state index in [0.717, 1.165) is 0 Å². The molecule has 0 saturated heterocycles. The molecule has 0 N–H and O–H groups in total. The summed E-state index contributed by atoms with van der Waals surface area (Å²) in [6.07, 6.45) is -1.16. The quantitative estimate of drug-likeness (QED) is 0.343. The van der Waals surface area contributed by atoms with E-state index >= 15 is 0 Å². The summed E-state index contributed by atoms with van der Waals surface area (Å²) in [4.78, 5) is 24.2. The van der Waals surface area contributed by atoms with Gasteiger partial charge in [-0.1, -0.05) is 6.08 Å². The van der Waals surface area contributed by atoms with Crippen molar-refractivity contribution in [1.29, 1.82) is 0 Å². The highest BCUT2D eigenvalue weighted by atomic mass is 19.3. The van der Waals surface area contributed by atoms with E-state index in [0.29, 0.717) is 0 Å². The first-order chi connectivity index (χ1) is 9.01. The summed E-state index contributed by atoms with van der Waals surface area (Å²) in [5, 5.41) is 0. The van der Waals surface area contributed by atoms with E-state index in [1.807, 2.05) is 0 Å². The number of amides is 1. The van der Waals surface area contributed by atoms with Crippen LogP contribution in [0.5, 0.6) is 0 Å². The maximum absolute atomic E-state index is 11.8. The summed E-state index contributed by atoms with van der Waals surface area (Å²) in [6, 6.07) is 0. The highest BCUT2D eigenvalue weighted by Crippen LogP contribution is 1.99. The van der Waals surface area contributed by atoms with E-state index in [2.05, 4.69) is 11.3 Å². The first-order valence-corrected chi connectivity index (χ1v) is 5.91. The lowest BCUT2D eigenvalue weighted by molar-refractivity contribution is -0.149. The van der Waals surface area contributed by atoms with E-state index in [9.17, 15) is 18.4 Å². The zero-order valence-electron chi connectivity index (χ0n) is 10.9. The monoisotopic (exact) mass is 279 g/mol. The first-order valence-electron chi connectivity index (χ1n) is 5.91. The normalized spacial score (nSPS) is 10.3. The highest BCUT2D eigenvalue weighted by molar-refractivity contribution is 5.82. The predicted molar refractivity (Wildman–Crippen MR) is 64.9 cm³/mol. The fraction of sp³-hybridized carbons (Fsp3) is 0.667. The molecule has 0 fully saturated rings. The van der Waals surface area contributed by atoms with Crippen molar-refractivity contribution in [2.24, 2.45) is 0 Å². The van der Waals surface area contributed by atoms with Gasteiger partial charge in [-0.25, -0.2) is 8.78 Å². The number of nitrogens with zero attached hydrogens (tertiary/aromatic N) is 1. The van der Waals surface area contributed by atoms with Crippen LogP contribution < -0.4 is 0 Å². The molecule has 110 valence electrons. The maximum Gasteiger partial charge on any atom is 0.325 e. The maximum atomic E-state index is 11.8. The van der Waals surface area contributed by atoms with Crippen molar-refractivity contribution in [2.75, 3.05) is 32.9 Å². The molecule has 0 bridgehead atoms. The molecular weight excluding hydrogens is 260 g/mol. The molecule has 0 saturated carbocycles. The van der Waals surface area contributed by atoms with Gasteiger partial charge in [0, 0.05) is 6.54 Å². The minimum atomic E-state index is -2.56. The number of hydrogen-bond acceptors (Lipinski definition) is 4. The standard InChI is InChI=1S/C12H19F2NO4/c1-3-6-15(8-12(17)19-4-2)11(16)5-7-18-9-10(13)14/h3,10H,1,4-9H2,2H3. The molecule has 0 aliphatic rings. The molecule has 0 unspecified atom stereocenters. The van der Waals surface area contributed by atoms with Crippen LogP contribution in [0.3, 0.4) is 0 Å². The van der Waals surface area contributed by atoms with Crippen LogP contribution in [0.15, 0.2) is 12.7 Å². The average Bonchev–Trinajstić information content (AvgIpc) is 2.34.